The number of aromatic nitrogens is 4. The number of nitrogens with zero attached hydrogens (tertiary/aromatic N) is 4. The Labute approximate surface area is 203 Å². The Morgan fingerprint density at radius 1 is 1.29 bits per heavy atom. The molecule has 0 spiro atoms. The van der Waals surface area contributed by atoms with Crippen molar-refractivity contribution in [2.75, 3.05) is 12.1 Å². The second kappa shape index (κ2) is 11.0. The number of rotatable bonds is 12. The molecule has 1 aliphatic carbocycles. The van der Waals surface area contributed by atoms with E-state index >= 15 is 0 Å². The lowest BCUT2D eigenvalue weighted by atomic mass is 10.1. The Morgan fingerprint density at radius 2 is 1.97 bits per heavy atom. The topological polar surface area (TPSA) is 184 Å². The number of nitrogen functional groups attached to an aromatic ring is 1. The lowest BCUT2D eigenvalue weighted by Gasteiger charge is -2.31. The van der Waals surface area contributed by atoms with Crippen molar-refractivity contribution in [3.63, 3.8) is 0 Å². The molecule has 2 heterocycles. The highest BCUT2D eigenvalue weighted by molar-refractivity contribution is 7.59. The van der Waals surface area contributed by atoms with Gasteiger partial charge in [-0.3, -0.25) is 14.2 Å². The van der Waals surface area contributed by atoms with E-state index in [-0.39, 0.29) is 18.3 Å². The van der Waals surface area contributed by atoms with E-state index in [0.29, 0.717) is 17.7 Å². The van der Waals surface area contributed by atoms with Gasteiger partial charge >= 0.3 is 11.9 Å². The SMILES string of the molecule is CC(NP(=O)(CO[C@H](C)Cn1cnc2c(N)ncnc21)NC(C)(C)C(=O)O)C(=O)OC1CCCC1. The number of carboxylic acids is 1. The third-order valence-electron chi connectivity index (χ3n) is 5.76. The summed E-state index contributed by atoms with van der Waals surface area (Å²) in [4.78, 5) is 36.5. The van der Waals surface area contributed by atoms with Gasteiger partial charge in [0, 0.05) is 0 Å². The first-order chi connectivity index (χ1) is 16.4. The Balaban J connectivity index is 1.68. The van der Waals surface area contributed by atoms with Gasteiger partial charge in [0.2, 0.25) is 7.44 Å². The molecule has 1 aliphatic rings. The zero-order valence-corrected chi connectivity index (χ0v) is 21.3. The zero-order chi connectivity index (χ0) is 25.8. The van der Waals surface area contributed by atoms with E-state index in [0.717, 1.165) is 25.7 Å². The largest absolute Gasteiger partial charge is 0.480 e. The number of imidazole rings is 1. The Morgan fingerprint density at radius 3 is 2.63 bits per heavy atom. The average Bonchev–Trinajstić information content (AvgIpc) is 3.43. The van der Waals surface area contributed by atoms with Crippen LogP contribution in [0.2, 0.25) is 0 Å². The van der Waals surface area contributed by atoms with E-state index in [1.165, 1.54) is 27.1 Å². The number of aliphatic carboxylic acids is 1. The lowest BCUT2D eigenvalue weighted by Crippen LogP contribution is -2.49. The number of hydrogen-bond acceptors (Lipinski definition) is 9. The van der Waals surface area contributed by atoms with E-state index in [2.05, 4.69) is 25.1 Å². The molecule has 13 nitrogen and oxygen atoms in total. The van der Waals surface area contributed by atoms with Crippen LogP contribution < -0.4 is 15.9 Å². The molecular weight excluding hydrogens is 477 g/mol. The van der Waals surface area contributed by atoms with E-state index < -0.39 is 37.1 Å². The number of nitrogens with two attached hydrogens (primary N) is 1. The van der Waals surface area contributed by atoms with E-state index in [1.807, 2.05) is 0 Å². The van der Waals surface area contributed by atoms with Gasteiger partial charge in [0.25, 0.3) is 0 Å². The molecule has 0 bridgehead atoms. The minimum Gasteiger partial charge on any atom is -0.480 e. The Kier molecular flexibility index (Phi) is 8.47. The third-order valence-corrected chi connectivity index (χ3v) is 8.00. The van der Waals surface area contributed by atoms with Gasteiger partial charge in [0.15, 0.2) is 11.5 Å². The number of carbonyl (C=O) groups excluding carboxylic acids is 1. The van der Waals surface area contributed by atoms with Gasteiger partial charge in [-0.25, -0.2) is 25.1 Å². The number of nitrogens with one attached hydrogen (secondary N) is 2. The van der Waals surface area contributed by atoms with E-state index in [9.17, 15) is 19.3 Å². The second-order valence-corrected chi connectivity index (χ2v) is 11.6. The molecular formula is C21H34N7O6P. The number of esters is 1. The molecule has 1 fully saturated rings. The monoisotopic (exact) mass is 511 g/mol. The first kappa shape index (κ1) is 27.0. The number of fused-ring (bicyclic) bond motifs is 1. The summed E-state index contributed by atoms with van der Waals surface area (Å²) in [5, 5.41) is 14.9. The number of carboxylic acid groups (broad SMARTS) is 1. The number of hydrogen-bond donors (Lipinski definition) is 4. The molecule has 2 aromatic heterocycles. The maximum Gasteiger partial charge on any atom is 0.323 e. The standard InChI is InChI=1S/C21H34N7O6P/c1-13(9-28-11-25-16-17(22)23-10-24-18(16)28)33-12-35(32,27-21(3,4)20(30)31)26-14(2)19(29)34-15-7-5-6-8-15/h10-11,13-15H,5-9,12H2,1-4H3,(H,30,31)(H2,22,23,24)(H2,26,27,32)/t13-,14?,35?/m1/s1. The van der Waals surface area contributed by atoms with Crippen molar-refractivity contribution in [3.8, 4) is 0 Å². The normalized spacial score (nSPS) is 18.3. The lowest BCUT2D eigenvalue weighted by molar-refractivity contribution is -0.150. The maximum atomic E-state index is 13.8. The molecule has 35 heavy (non-hydrogen) atoms. The highest BCUT2D eigenvalue weighted by atomic mass is 31.2. The number of anilines is 1. The number of ether oxygens (including phenoxy) is 2. The molecule has 3 rings (SSSR count). The summed E-state index contributed by atoms with van der Waals surface area (Å²) in [6.07, 6.45) is 5.54. The minimum atomic E-state index is -3.72. The van der Waals surface area contributed by atoms with Crippen LogP contribution in [0.1, 0.15) is 53.4 Å². The maximum absolute atomic E-state index is 13.8. The molecule has 0 radical (unpaired) electrons. The molecule has 194 valence electrons. The average molecular weight is 512 g/mol. The molecule has 0 amide bonds. The third kappa shape index (κ3) is 6.97. The van der Waals surface area contributed by atoms with Crippen molar-refractivity contribution in [2.24, 2.45) is 0 Å². The van der Waals surface area contributed by atoms with Crippen molar-refractivity contribution in [1.82, 2.24) is 29.7 Å². The van der Waals surface area contributed by atoms with Crippen LogP contribution in [-0.2, 0) is 30.2 Å². The van der Waals surface area contributed by atoms with Gasteiger partial charge in [-0.15, -0.1) is 0 Å². The van der Waals surface area contributed by atoms with Crippen LogP contribution in [0.3, 0.4) is 0 Å². The Hall–Kier alpha value is -2.60. The molecule has 0 saturated heterocycles. The summed E-state index contributed by atoms with van der Waals surface area (Å²) >= 11 is 0. The fraction of sp³-hybridized carbons (Fsp3) is 0.667. The quantitative estimate of drug-likeness (QED) is 0.240. The van der Waals surface area contributed by atoms with Gasteiger partial charge in [0.05, 0.1) is 19.0 Å². The van der Waals surface area contributed by atoms with Crippen LogP contribution in [0.25, 0.3) is 11.2 Å². The summed E-state index contributed by atoms with van der Waals surface area (Å²) in [7, 11) is -3.72. The zero-order valence-electron chi connectivity index (χ0n) is 20.4. The molecule has 14 heteroatoms. The fourth-order valence-corrected chi connectivity index (χ4v) is 6.23. The minimum absolute atomic E-state index is 0.145. The van der Waals surface area contributed by atoms with Gasteiger partial charge in [0.1, 0.15) is 35.9 Å². The predicted molar refractivity (Wildman–Crippen MR) is 129 cm³/mol. The van der Waals surface area contributed by atoms with Gasteiger partial charge in [-0.1, -0.05) is 0 Å². The Bertz CT molecular complexity index is 1100. The van der Waals surface area contributed by atoms with Crippen LogP contribution in [-0.4, -0.2) is 66.7 Å². The van der Waals surface area contributed by atoms with Crippen molar-refractivity contribution >= 4 is 36.4 Å². The van der Waals surface area contributed by atoms with Crippen LogP contribution in [0.15, 0.2) is 12.7 Å². The smallest absolute Gasteiger partial charge is 0.323 e. The summed E-state index contributed by atoms with van der Waals surface area (Å²) in [6, 6.07) is -0.935. The van der Waals surface area contributed by atoms with E-state index in [1.54, 1.807) is 17.8 Å². The van der Waals surface area contributed by atoms with Crippen molar-refractivity contribution in [1.29, 1.82) is 0 Å². The molecule has 0 aliphatic heterocycles. The summed E-state index contributed by atoms with van der Waals surface area (Å²) in [5.74, 6) is -1.48. The molecule has 5 N–H and O–H groups in total. The summed E-state index contributed by atoms with van der Waals surface area (Å²) < 4.78 is 26.8. The van der Waals surface area contributed by atoms with E-state index in [4.69, 9.17) is 15.2 Å². The number of carbonyl (C=O) groups is 2. The van der Waals surface area contributed by atoms with Crippen LogP contribution in [0.4, 0.5) is 5.82 Å². The van der Waals surface area contributed by atoms with Crippen molar-refractivity contribution in [3.05, 3.63) is 12.7 Å². The van der Waals surface area contributed by atoms with Crippen LogP contribution >= 0.6 is 7.44 Å². The molecule has 2 unspecified atom stereocenters. The first-order valence-electron chi connectivity index (χ1n) is 11.5. The van der Waals surface area contributed by atoms with Crippen molar-refractivity contribution < 1.29 is 28.7 Å². The van der Waals surface area contributed by atoms with Gasteiger partial charge in [-0.2, -0.15) is 0 Å². The molecule has 2 aromatic rings. The predicted octanol–water partition coefficient (Wildman–Crippen LogP) is 1.88. The summed E-state index contributed by atoms with van der Waals surface area (Å²) in [6.45, 7) is 6.38. The van der Waals surface area contributed by atoms with Crippen molar-refractivity contribution in [2.45, 2.75) is 83.7 Å². The molecule has 0 aromatic carbocycles. The van der Waals surface area contributed by atoms with Crippen LogP contribution in [0.5, 0.6) is 0 Å². The summed E-state index contributed by atoms with van der Waals surface area (Å²) in [5.41, 5.74) is 5.28. The van der Waals surface area contributed by atoms with Crippen LogP contribution in [0, 0.1) is 0 Å². The fourth-order valence-electron chi connectivity index (χ4n) is 3.83. The van der Waals surface area contributed by atoms with Gasteiger partial charge in [-0.05, 0) is 53.4 Å². The second-order valence-electron chi connectivity index (χ2n) is 9.41. The first-order valence-corrected chi connectivity index (χ1v) is 13.4. The highest BCUT2D eigenvalue weighted by Crippen LogP contribution is 2.40. The highest BCUT2D eigenvalue weighted by Gasteiger charge is 2.38. The van der Waals surface area contributed by atoms with Gasteiger partial charge < -0.3 is 24.9 Å². The molecule has 3 atom stereocenters. The molecule has 1 saturated carbocycles.